The van der Waals surface area contributed by atoms with E-state index < -0.39 is 12.0 Å². The topological polar surface area (TPSA) is 107 Å². The molecule has 0 unspecified atom stereocenters. The quantitative estimate of drug-likeness (QED) is 0.341. The number of carboxylic acids is 1. The zero-order chi connectivity index (χ0) is 26.8. The molecule has 2 amide bonds. The highest BCUT2D eigenvalue weighted by atomic mass is 16.5. The first-order valence-corrected chi connectivity index (χ1v) is 14.0. The number of pyridine rings is 1. The Morgan fingerprint density at radius 1 is 1.24 bits per heavy atom. The molecule has 0 aliphatic carbocycles. The second-order valence-corrected chi connectivity index (χ2v) is 11.4. The molecule has 0 bridgehead atoms. The molecule has 3 heterocycles. The SMILES string of the molecule is C[C@@H]1CCCN1C(=O)N[C@@H](CCN(CCCCc1ccc2c(n1)NCCC2)CCOC(C)(C)C)C(=O)O. The van der Waals surface area contributed by atoms with Crippen molar-refractivity contribution in [3.05, 3.63) is 23.4 Å². The molecule has 9 heteroatoms. The number of nitrogens with zero attached hydrogens (tertiary/aromatic N) is 3. The zero-order valence-electron chi connectivity index (χ0n) is 23.2. The van der Waals surface area contributed by atoms with E-state index in [1.54, 1.807) is 4.90 Å². The molecule has 37 heavy (non-hydrogen) atoms. The minimum atomic E-state index is -0.988. The summed E-state index contributed by atoms with van der Waals surface area (Å²) in [5.74, 6) is 0.0491. The summed E-state index contributed by atoms with van der Waals surface area (Å²) in [5.41, 5.74) is 2.20. The number of carbonyl (C=O) groups is 2. The highest BCUT2D eigenvalue weighted by molar-refractivity contribution is 5.82. The number of carbonyl (C=O) groups excluding carboxylic acids is 1. The monoisotopic (exact) mass is 517 g/mol. The molecule has 1 aromatic rings. The molecule has 0 aromatic carbocycles. The van der Waals surface area contributed by atoms with Crippen molar-refractivity contribution < 1.29 is 19.4 Å². The van der Waals surface area contributed by atoms with Gasteiger partial charge < -0.3 is 30.3 Å². The number of aliphatic carboxylic acids is 1. The van der Waals surface area contributed by atoms with Gasteiger partial charge in [-0.3, -0.25) is 0 Å². The van der Waals surface area contributed by atoms with Crippen LogP contribution in [0.1, 0.15) is 77.5 Å². The number of aromatic nitrogens is 1. The van der Waals surface area contributed by atoms with Crippen LogP contribution >= 0.6 is 0 Å². The van der Waals surface area contributed by atoms with Crippen molar-refractivity contribution in [2.45, 2.75) is 96.7 Å². The van der Waals surface area contributed by atoms with Crippen LogP contribution in [0.15, 0.2) is 12.1 Å². The minimum absolute atomic E-state index is 0.154. The van der Waals surface area contributed by atoms with E-state index in [4.69, 9.17) is 9.72 Å². The number of likely N-dealkylation sites (tertiary alicyclic amines) is 1. The van der Waals surface area contributed by atoms with Crippen molar-refractivity contribution in [2.24, 2.45) is 0 Å². The van der Waals surface area contributed by atoms with Crippen LogP contribution in [0, 0.1) is 0 Å². The van der Waals surface area contributed by atoms with Gasteiger partial charge >= 0.3 is 12.0 Å². The van der Waals surface area contributed by atoms with Crippen LogP contribution in [0.3, 0.4) is 0 Å². The van der Waals surface area contributed by atoms with Gasteiger partial charge in [-0.25, -0.2) is 14.6 Å². The third-order valence-corrected chi connectivity index (χ3v) is 7.20. The number of urea groups is 1. The molecule has 2 atom stereocenters. The fourth-order valence-corrected chi connectivity index (χ4v) is 5.00. The normalized spacial score (nSPS) is 18.4. The first kappa shape index (κ1) is 29.2. The zero-order valence-corrected chi connectivity index (χ0v) is 23.2. The van der Waals surface area contributed by atoms with Gasteiger partial charge in [-0.2, -0.15) is 0 Å². The Hall–Kier alpha value is -2.39. The number of unbranched alkanes of at least 4 members (excludes halogenated alkanes) is 1. The largest absolute Gasteiger partial charge is 0.480 e. The number of hydrogen-bond acceptors (Lipinski definition) is 6. The molecule has 1 fully saturated rings. The Labute approximate surface area is 222 Å². The summed E-state index contributed by atoms with van der Waals surface area (Å²) in [5, 5.41) is 15.9. The Balaban J connectivity index is 1.49. The third-order valence-electron chi connectivity index (χ3n) is 7.20. The lowest BCUT2D eigenvalue weighted by atomic mass is 10.1. The smallest absolute Gasteiger partial charge is 0.326 e. The van der Waals surface area contributed by atoms with Gasteiger partial charge in [0, 0.05) is 37.9 Å². The van der Waals surface area contributed by atoms with Crippen molar-refractivity contribution in [3.63, 3.8) is 0 Å². The van der Waals surface area contributed by atoms with Crippen molar-refractivity contribution in [2.75, 3.05) is 44.6 Å². The first-order valence-electron chi connectivity index (χ1n) is 14.0. The summed E-state index contributed by atoms with van der Waals surface area (Å²) in [7, 11) is 0. The van der Waals surface area contributed by atoms with Gasteiger partial charge in [-0.1, -0.05) is 6.07 Å². The van der Waals surface area contributed by atoms with Crippen LogP contribution in [0.2, 0.25) is 0 Å². The molecule has 3 rings (SSSR count). The summed E-state index contributed by atoms with van der Waals surface area (Å²) in [6, 6.07) is 3.32. The van der Waals surface area contributed by atoms with Crippen LogP contribution in [0.5, 0.6) is 0 Å². The maximum atomic E-state index is 12.6. The highest BCUT2D eigenvalue weighted by Gasteiger charge is 2.29. The van der Waals surface area contributed by atoms with Crippen LogP contribution in [-0.4, -0.2) is 88.9 Å². The number of aryl methyl sites for hydroxylation is 2. The minimum Gasteiger partial charge on any atom is -0.480 e. The van der Waals surface area contributed by atoms with Crippen molar-refractivity contribution in [1.29, 1.82) is 0 Å². The first-order chi connectivity index (χ1) is 17.6. The Bertz CT molecular complexity index is 888. The van der Waals surface area contributed by atoms with E-state index in [0.717, 1.165) is 76.1 Å². The van der Waals surface area contributed by atoms with Gasteiger partial charge in [0.2, 0.25) is 0 Å². The number of anilines is 1. The average Bonchev–Trinajstić information content (AvgIpc) is 3.28. The molecular formula is C28H47N5O4. The molecule has 3 N–H and O–H groups in total. The number of amides is 2. The van der Waals surface area contributed by atoms with Crippen molar-refractivity contribution in [3.8, 4) is 0 Å². The number of hydrogen-bond donors (Lipinski definition) is 3. The van der Waals surface area contributed by atoms with E-state index >= 15 is 0 Å². The van der Waals surface area contributed by atoms with Crippen LogP contribution in [0.25, 0.3) is 0 Å². The number of carboxylic acid groups (broad SMARTS) is 1. The maximum absolute atomic E-state index is 12.6. The summed E-state index contributed by atoms with van der Waals surface area (Å²) in [6.07, 6.45) is 7.45. The fraction of sp³-hybridized carbons (Fsp3) is 0.750. The van der Waals surface area contributed by atoms with E-state index in [-0.39, 0.29) is 17.7 Å². The lowest BCUT2D eigenvalue weighted by molar-refractivity contribution is -0.139. The molecule has 2 aliphatic heterocycles. The molecular weight excluding hydrogens is 470 g/mol. The van der Waals surface area contributed by atoms with Crippen molar-refractivity contribution >= 4 is 17.8 Å². The number of nitrogens with one attached hydrogen (secondary N) is 2. The number of rotatable bonds is 13. The molecule has 1 saturated heterocycles. The van der Waals surface area contributed by atoms with Gasteiger partial charge in [-0.15, -0.1) is 0 Å². The predicted octanol–water partition coefficient (Wildman–Crippen LogP) is 3.92. The lowest BCUT2D eigenvalue weighted by Gasteiger charge is -2.28. The average molecular weight is 518 g/mol. The summed E-state index contributed by atoms with van der Waals surface area (Å²) < 4.78 is 5.94. The second kappa shape index (κ2) is 14.0. The van der Waals surface area contributed by atoms with Gasteiger partial charge in [0.25, 0.3) is 0 Å². The predicted molar refractivity (Wildman–Crippen MR) is 146 cm³/mol. The summed E-state index contributed by atoms with van der Waals surface area (Å²) in [4.78, 5) is 33.4. The van der Waals surface area contributed by atoms with Crippen LogP contribution in [0.4, 0.5) is 10.6 Å². The summed E-state index contributed by atoms with van der Waals surface area (Å²) >= 11 is 0. The van der Waals surface area contributed by atoms with E-state index in [0.29, 0.717) is 26.1 Å². The molecule has 0 spiro atoms. The molecule has 0 radical (unpaired) electrons. The Kier molecular flexibility index (Phi) is 11.0. The molecule has 2 aliphatic rings. The van der Waals surface area contributed by atoms with Crippen molar-refractivity contribution in [1.82, 2.24) is 20.1 Å². The maximum Gasteiger partial charge on any atom is 0.326 e. The van der Waals surface area contributed by atoms with E-state index in [1.165, 1.54) is 5.56 Å². The number of ether oxygens (including phenoxy) is 1. The standard InChI is InChI=1S/C28H47N5O4/c1-21-9-8-17-33(21)27(36)31-24(26(34)35)14-18-32(19-20-37-28(2,3)4)16-6-5-11-23-13-12-22-10-7-15-29-25(22)30-23/h12-13,21,24H,5-11,14-20H2,1-4H3,(H,29,30)(H,31,36)(H,34,35)/t21-,24+/m1/s1. The molecule has 1 aromatic heterocycles. The fourth-order valence-electron chi connectivity index (χ4n) is 5.00. The lowest BCUT2D eigenvalue weighted by Crippen LogP contribution is -2.50. The van der Waals surface area contributed by atoms with E-state index in [9.17, 15) is 14.7 Å². The van der Waals surface area contributed by atoms with Gasteiger partial charge in [0.15, 0.2) is 0 Å². The highest BCUT2D eigenvalue weighted by Crippen LogP contribution is 2.20. The second-order valence-electron chi connectivity index (χ2n) is 11.4. The van der Waals surface area contributed by atoms with Gasteiger partial charge in [0.05, 0.1) is 12.2 Å². The van der Waals surface area contributed by atoms with Gasteiger partial charge in [0.1, 0.15) is 11.9 Å². The van der Waals surface area contributed by atoms with Gasteiger partial charge in [-0.05, 0) is 97.2 Å². The molecule has 9 nitrogen and oxygen atoms in total. The Morgan fingerprint density at radius 2 is 2.05 bits per heavy atom. The molecule has 208 valence electrons. The van der Waals surface area contributed by atoms with Crippen LogP contribution < -0.4 is 10.6 Å². The third kappa shape index (κ3) is 9.78. The molecule has 0 saturated carbocycles. The number of fused-ring (bicyclic) bond motifs is 1. The van der Waals surface area contributed by atoms with E-state index in [1.807, 2.05) is 27.7 Å². The Morgan fingerprint density at radius 3 is 2.76 bits per heavy atom. The summed E-state index contributed by atoms with van der Waals surface area (Å²) in [6.45, 7) is 12.5. The van der Waals surface area contributed by atoms with E-state index in [2.05, 4.69) is 27.7 Å². The van der Waals surface area contributed by atoms with Crippen LogP contribution in [-0.2, 0) is 22.4 Å².